The van der Waals surface area contributed by atoms with E-state index in [4.69, 9.17) is 5.11 Å². The Balaban J connectivity index is 2.19. The van der Waals surface area contributed by atoms with Crippen LogP contribution < -0.4 is 0 Å². The Bertz CT molecular complexity index is 307. The number of hydrogen-bond donors (Lipinski definition) is 1. The van der Waals surface area contributed by atoms with Gasteiger partial charge in [-0.3, -0.25) is 0 Å². The highest BCUT2D eigenvalue weighted by Gasteiger charge is 2.12. The summed E-state index contributed by atoms with van der Waals surface area (Å²) in [4.78, 5) is 0. The summed E-state index contributed by atoms with van der Waals surface area (Å²) in [5, 5.41) is 8.99. The zero-order chi connectivity index (χ0) is 9.10. The highest BCUT2D eigenvalue weighted by Crippen LogP contribution is 2.29. The maximum absolute atomic E-state index is 8.99. The van der Waals surface area contributed by atoms with E-state index in [-0.39, 0.29) is 6.61 Å². The Morgan fingerprint density at radius 1 is 1.23 bits per heavy atom. The molecule has 0 unspecified atom stereocenters. The molecule has 0 spiro atoms. The smallest absolute Gasteiger partial charge is 0.0681 e. The van der Waals surface area contributed by atoms with Crippen molar-refractivity contribution in [2.24, 2.45) is 0 Å². The van der Waals surface area contributed by atoms with Crippen molar-refractivity contribution < 1.29 is 5.11 Å². The Morgan fingerprint density at radius 3 is 2.69 bits per heavy atom. The third-order valence-corrected chi connectivity index (χ3v) is 2.61. The molecule has 0 saturated heterocycles. The van der Waals surface area contributed by atoms with Gasteiger partial charge in [0.2, 0.25) is 0 Å². The second-order valence-electron chi connectivity index (χ2n) is 3.54. The molecule has 1 aliphatic carbocycles. The first-order valence-electron chi connectivity index (χ1n) is 4.75. The Labute approximate surface area is 78.7 Å². The van der Waals surface area contributed by atoms with E-state index in [9.17, 15) is 0 Å². The van der Waals surface area contributed by atoms with Gasteiger partial charge in [-0.15, -0.1) is 0 Å². The van der Waals surface area contributed by atoms with Gasteiger partial charge < -0.3 is 5.11 Å². The third kappa shape index (κ3) is 1.81. The molecule has 0 aliphatic heterocycles. The predicted molar refractivity (Wildman–Crippen MR) is 53.5 cm³/mol. The van der Waals surface area contributed by atoms with Crippen LogP contribution in [0, 0.1) is 0 Å². The molecule has 0 saturated carbocycles. The van der Waals surface area contributed by atoms with Crippen LogP contribution in [0.5, 0.6) is 0 Å². The van der Waals surface area contributed by atoms with Crippen LogP contribution >= 0.6 is 0 Å². The number of aliphatic hydroxyl groups excluding tert-OH is 1. The maximum atomic E-state index is 8.99. The first kappa shape index (κ1) is 8.52. The van der Waals surface area contributed by atoms with E-state index < -0.39 is 0 Å². The summed E-state index contributed by atoms with van der Waals surface area (Å²) in [6.45, 7) is 0.147. The molecule has 1 heteroatoms. The standard InChI is InChI=1S/C12H14O/c13-9-10-4-3-7-12(8-10)11-5-1-2-6-11/h1-4,7-8,11,13H,5-6,9H2. The van der Waals surface area contributed by atoms with Crippen LogP contribution in [-0.4, -0.2) is 5.11 Å². The predicted octanol–water partition coefficient (Wildman–Crippen LogP) is 2.61. The van der Waals surface area contributed by atoms with E-state index in [0.29, 0.717) is 5.92 Å². The normalized spacial score (nSPS) is 16.7. The lowest BCUT2D eigenvalue weighted by Crippen LogP contribution is -1.94. The largest absolute Gasteiger partial charge is 0.392 e. The van der Waals surface area contributed by atoms with E-state index in [1.165, 1.54) is 5.56 Å². The van der Waals surface area contributed by atoms with E-state index >= 15 is 0 Å². The van der Waals surface area contributed by atoms with E-state index in [1.54, 1.807) is 0 Å². The van der Waals surface area contributed by atoms with Gasteiger partial charge in [-0.25, -0.2) is 0 Å². The van der Waals surface area contributed by atoms with Gasteiger partial charge in [-0.05, 0) is 29.9 Å². The van der Waals surface area contributed by atoms with Crippen LogP contribution in [0.3, 0.4) is 0 Å². The molecule has 0 bridgehead atoms. The second-order valence-corrected chi connectivity index (χ2v) is 3.54. The molecule has 2 rings (SSSR count). The molecule has 1 aromatic rings. The average Bonchev–Trinajstić information content (AvgIpc) is 2.71. The summed E-state index contributed by atoms with van der Waals surface area (Å²) in [5.74, 6) is 0.645. The van der Waals surface area contributed by atoms with Crippen LogP contribution in [0.1, 0.15) is 29.9 Å². The lowest BCUT2D eigenvalue weighted by atomic mass is 9.95. The van der Waals surface area contributed by atoms with Crippen molar-refractivity contribution in [3.63, 3.8) is 0 Å². The van der Waals surface area contributed by atoms with E-state index in [1.807, 2.05) is 12.1 Å². The number of hydrogen-bond acceptors (Lipinski definition) is 1. The van der Waals surface area contributed by atoms with Crippen LogP contribution in [0.2, 0.25) is 0 Å². The van der Waals surface area contributed by atoms with Crippen molar-refractivity contribution in [2.75, 3.05) is 0 Å². The highest BCUT2D eigenvalue weighted by atomic mass is 16.3. The quantitative estimate of drug-likeness (QED) is 0.683. The topological polar surface area (TPSA) is 20.2 Å². The summed E-state index contributed by atoms with van der Waals surface area (Å²) in [5.41, 5.74) is 2.38. The Hall–Kier alpha value is -1.08. The minimum absolute atomic E-state index is 0.147. The van der Waals surface area contributed by atoms with Crippen LogP contribution in [0.25, 0.3) is 0 Å². The molecule has 0 heterocycles. The van der Waals surface area contributed by atoms with Gasteiger partial charge in [0.1, 0.15) is 0 Å². The van der Waals surface area contributed by atoms with E-state index in [0.717, 1.165) is 18.4 Å². The molecule has 0 aromatic heterocycles. The van der Waals surface area contributed by atoms with Crippen molar-refractivity contribution in [1.29, 1.82) is 0 Å². The fourth-order valence-electron chi connectivity index (χ4n) is 1.83. The first-order valence-corrected chi connectivity index (χ1v) is 4.75. The van der Waals surface area contributed by atoms with Gasteiger partial charge in [-0.1, -0.05) is 36.4 Å². The monoisotopic (exact) mass is 174 g/mol. The lowest BCUT2D eigenvalue weighted by Gasteiger charge is -2.10. The van der Waals surface area contributed by atoms with Gasteiger partial charge in [-0.2, -0.15) is 0 Å². The molecule has 1 N–H and O–H groups in total. The fraction of sp³-hybridized carbons (Fsp3) is 0.333. The zero-order valence-corrected chi connectivity index (χ0v) is 7.61. The molecule has 68 valence electrons. The van der Waals surface area contributed by atoms with Crippen molar-refractivity contribution in [1.82, 2.24) is 0 Å². The lowest BCUT2D eigenvalue weighted by molar-refractivity contribution is 0.281. The number of allylic oxidation sites excluding steroid dienone is 2. The molecule has 0 amide bonds. The third-order valence-electron chi connectivity index (χ3n) is 2.61. The van der Waals surface area contributed by atoms with Gasteiger partial charge in [0.15, 0.2) is 0 Å². The Morgan fingerprint density at radius 2 is 2.00 bits per heavy atom. The van der Waals surface area contributed by atoms with Crippen molar-refractivity contribution >= 4 is 0 Å². The van der Waals surface area contributed by atoms with Crippen molar-refractivity contribution in [3.8, 4) is 0 Å². The summed E-state index contributed by atoms with van der Waals surface area (Å²) >= 11 is 0. The molecule has 1 aliphatic rings. The average molecular weight is 174 g/mol. The fourth-order valence-corrected chi connectivity index (χ4v) is 1.83. The summed E-state index contributed by atoms with van der Waals surface area (Å²) in [6, 6.07) is 8.25. The molecule has 0 fully saturated rings. The van der Waals surface area contributed by atoms with Crippen LogP contribution in [0.15, 0.2) is 36.4 Å². The summed E-state index contributed by atoms with van der Waals surface area (Å²) < 4.78 is 0. The van der Waals surface area contributed by atoms with Gasteiger partial charge in [0, 0.05) is 0 Å². The number of benzene rings is 1. The Kier molecular flexibility index (Phi) is 2.46. The van der Waals surface area contributed by atoms with Gasteiger partial charge in [0.05, 0.1) is 6.61 Å². The minimum atomic E-state index is 0.147. The number of rotatable bonds is 2. The molecule has 0 atom stereocenters. The summed E-state index contributed by atoms with van der Waals surface area (Å²) in [7, 11) is 0. The first-order chi connectivity index (χ1) is 6.40. The zero-order valence-electron chi connectivity index (χ0n) is 7.61. The van der Waals surface area contributed by atoms with Crippen molar-refractivity contribution in [2.45, 2.75) is 25.4 Å². The van der Waals surface area contributed by atoms with Crippen molar-refractivity contribution in [3.05, 3.63) is 47.5 Å². The summed E-state index contributed by atoms with van der Waals surface area (Å²) in [6.07, 6.45) is 6.76. The van der Waals surface area contributed by atoms with Gasteiger partial charge >= 0.3 is 0 Å². The minimum Gasteiger partial charge on any atom is -0.392 e. The maximum Gasteiger partial charge on any atom is 0.0681 e. The molecular weight excluding hydrogens is 160 g/mol. The number of aliphatic hydroxyl groups is 1. The van der Waals surface area contributed by atoms with Crippen LogP contribution in [0.4, 0.5) is 0 Å². The molecular formula is C12H14O. The van der Waals surface area contributed by atoms with Gasteiger partial charge in [0.25, 0.3) is 0 Å². The van der Waals surface area contributed by atoms with Crippen LogP contribution in [-0.2, 0) is 6.61 Å². The SMILES string of the molecule is OCc1cccc(C2CC=CC2)c1. The highest BCUT2D eigenvalue weighted by molar-refractivity contribution is 5.28. The molecule has 0 radical (unpaired) electrons. The second kappa shape index (κ2) is 3.75. The molecule has 1 nitrogen and oxygen atoms in total. The van der Waals surface area contributed by atoms with E-state index in [2.05, 4.69) is 24.3 Å². The molecule has 13 heavy (non-hydrogen) atoms. The molecule has 1 aromatic carbocycles.